The Morgan fingerprint density at radius 1 is 1.00 bits per heavy atom. The summed E-state index contributed by atoms with van der Waals surface area (Å²) < 4.78 is 0. The molecule has 0 saturated carbocycles. The van der Waals surface area contributed by atoms with Gasteiger partial charge in [-0.3, -0.25) is 14.8 Å². The molecule has 14 heavy (non-hydrogen) atoms. The van der Waals surface area contributed by atoms with Gasteiger partial charge in [0.15, 0.2) is 11.2 Å². The van der Waals surface area contributed by atoms with E-state index in [0.29, 0.717) is 11.4 Å². The number of nitrogens with one attached hydrogen (secondary N) is 2. The lowest BCUT2D eigenvalue weighted by Gasteiger charge is -1.99. The molecule has 0 radical (unpaired) electrons. The van der Waals surface area contributed by atoms with Gasteiger partial charge in [-0.1, -0.05) is 0 Å². The van der Waals surface area contributed by atoms with Gasteiger partial charge in [0.25, 0.3) is 5.56 Å². The highest BCUT2D eigenvalue weighted by molar-refractivity contribution is 5.67. The summed E-state index contributed by atoms with van der Waals surface area (Å²) in [5.74, 6) is 0. The number of nitrogens with zero attached hydrogens (tertiary/aromatic N) is 2. The van der Waals surface area contributed by atoms with Crippen molar-refractivity contribution in [3.63, 3.8) is 0 Å². The van der Waals surface area contributed by atoms with Crippen molar-refractivity contribution in [3.8, 4) is 0 Å². The van der Waals surface area contributed by atoms with Gasteiger partial charge in [-0.25, -0.2) is 14.8 Å². The number of rotatable bonds is 0. The van der Waals surface area contributed by atoms with Gasteiger partial charge in [-0.05, 0) is 13.8 Å². The Morgan fingerprint density at radius 3 is 2.36 bits per heavy atom. The summed E-state index contributed by atoms with van der Waals surface area (Å²) in [7, 11) is 0. The van der Waals surface area contributed by atoms with Gasteiger partial charge < -0.3 is 0 Å². The van der Waals surface area contributed by atoms with Crippen molar-refractivity contribution in [1.29, 1.82) is 0 Å². The number of hydrogen-bond donors (Lipinski definition) is 2. The third-order valence-corrected chi connectivity index (χ3v) is 1.98. The van der Waals surface area contributed by atoms with Crippen molar-refractivity contribution >= 4 is 11.2 Å². The predicted molar refractivity (Wildman–Crippen MR) is 50.3 cm³/mol. The molecule has 0 aliphatic rings. The van der Waals surface area contributed by atoms with E-state index in [-0.39, 0.29) is 11.2 Å². The minimum absolute atomic E-state index is 0.160. The minimum atomic E-state index is -0.569. The molecule has 6 nitrogen and oxygen atoms in total. The molecule has 0 aliphatic heterocycles. The van der Waals surface area contributed by atoms with Crippen LogP contribution in [0.1, 0.15) is 11.4 Å². The highest BCUT2D eigenvalue weighted by Crippen LogP contribution is 2.03. The van der Waals surface area contributed by atoms with Gasteiger partial charge in [-0.15, -0.1) is 0 Å². The summed E-state index contributed by atoms with van der Waals surface area (Å²) in [5, 5.41) is 0. The third kappa shape index (κ3) is 1.20. The maximum Gasteiger partial charge on any atom is 0.327 e. The zero-order chi connectivity index (χ0) is 10.3. The second kappa shape index (κ2) is 2.76. The zero-order valence-electron chi connectivity index (χ0n) is 7.71. The quantitative estimate of drug-likeness (QED) is 0.595. The van der Waals surface area contributed by atoms with Crippen molar-refractivity contribution < 1.29 is 0 Å². The zero-order valence-corrected chi connectivity index (χ0v) is 7.71. The van der Waals surface area contributed by atoms with E-state index in [1.807, 2.05) is 0 Å². The fourth-order valence-electron chi connectivity index (χ4n) is 1.15. The van der Waals surface area contributed by atoms with Gasteiger partial charge >= 0.3 is 5.69 Å². The maximum absolute atomic E-state index is 11.3. The van der Waals surface area contributed by atoms with Crippen LogP contribution < -0.4 is 11.2 Å². The lowest BCUT2D eigenvalue weighted by molar-refractivity contribution is 1.01. The molecule has 2 aromatic heterocycles. The molecule has 2 rings (SSSR count). The monoisotopic (exact) mass is 192 g/mol. The van der Waals surface area contributed by atoms with Crippen molar-refractivity contribution in [2.75, 3.05) is 0 Å². The molecular formula is C8H8N4O2. The van der Waals surface area contributed by atoms with E-state index in [9.17, 15) is 9.59 Å². The topological polar surface area (TPSA) is 91.5 Å². The maximum atomic E-state index is 11.3. The molecule has 0 aromatic carbocycles. The van der Waals surface area contributed by atoms with Crippen molar-refractivity contribution in [1.82, 2.24) is 19.9 Å². The minimum Gasteiger partial charge on any atom is -0.290 e. The Kier molecular flexibility index (Phi) is 1.70. The van der Waals surface area contributed by atoms with Gasteiger partial charge in [0.05, 0.1) is 11.4 Å². The van der Waals surface area contributed by atoms with Crippen LogP contribution in [0.15, 0.2) is 9.59 Å². The summed E-state index contributed by atoms with van der Waals surface area (Å²) in [5.41, 5.74) is 0.669. The van der Waals surface area contributed by atoms with Gasteiger partial charge in [0, 0.05) is 0 Å². The average molecular weight is 192 g/mol. The summed E-state index contributed by atoms with van der Waals surface area (Å²) in [4.78, 5) is 34.8. The normalized spacial score (nSPS) is 10.7. The highest BCUT2D eigenvalue weighted by Gasteiger charge is 2.05. The van der Waals surface area contributed by atoms with Crippen LogP contribution in [0.25, 0.3) is 11.2 Å². The first-order valence-corrected chi connectivity index (χ1v) is 4.05. The third-order valence-electron chi connectivity index (χ3n) is 1.98. The summed E-state index contributed by atoms with van der Waals surface area (Å²) in [6.07, 6.45) is 0. The Labute approximate surface area is 78.0 Å². The van der Waals surface area contributed by atoms with Crippen LogP contribution in [0.5, 0.6) is 0 Å². The molecule has 0 amide bonds. The average Bonchev–Trinajstić information content (AvgIpc) is 2.08. The van der Waals surface area contributed by atoms with Gasteiger partial charge in [-0.2, -0.15) is 0 Å². The van der Waals surface area contributed by atoms with E-state index in [1.54, 1.807) is 13.8 Å². The first kappa shape index (κ1) is 8.61. The van der Waals surface area contributed by atoms with E-state index in [2.05, 4.69) is 19.9 Å². The second-order valence-electron chi connectivity index (χ2n) is 3.00. The molecule has 0 aliphatic carbocycles. The van der Waals surface area contributed by atoms with Crippen LogP contribution in [0.4, 0.5) is 0 Å². The lowest BCUT2D eigenvalue weighted by Crippen LogP contribution is -2.23. The molecular weight excluding hydrogens is 184 g/mol. The molecule has 0 unspecified atom stereocenters. The molecule has 72 valence electrons. The molecule has 0 bridgehead atoms. The molecule has 2 heterocycles. The lowest BCUT2D eigenvalue weighted by atomic mass is 10.3. The Morgan fingerprint density at radius 2 is 1.64 bits per heavy atom. The number of aromatic nitrogens is 4. The smallest absolute Gasteiger partial charge is 0.290 e. The van der Waals surface area contributed by atoms with Crippen LogP contribution in [0.3, 0.4) is 0 Å². The highest BCUT2D eigenvalue weighted by atomic mass is 16.2. The number of hydrogen-bond acceptors (Lipinski definition) is 4. The van der Waals surface area contributed by atoms with Crippen LogP contribution in [-0.2, 0) is 0 Å². The summed E-state index contributed by atoms with van der Waals surface area (Å²) >= 11 is 0. The summed E-state index contributed by atoms with van der Waals surface area (Å²) in [6, 6.07) is 0. The van der Waals surface area contributed by atoms with E-state index in [0.717, 1.165) is 0 Å². The van der Waals surface area contributed by atoms with Crippen molar-refractivity contribution in [2.24, 2.45) is 0 Å². The first-order valence-electron chi connectivity index (χ1n) is 4.05. The Balaban J connectivity index is 3.03. The molecule has 0 atom stereocenters. The molecule has 6 heteroatoms. The number of aromatic amines is 2. The molecule has 0 saturated heterocycles. The van der Waals surface area contributed by atoms with E-state index in [4.69, 9.17) is 0 Å². The van der Waals surface area contributed by atoms with E-state index < -0.39 is 11.2 Å². The van der Waals surface area contributed by atoms with E-state index in [1.165, 1.54) is 0 Å². The fraction of sp³-hybridized carbons (Fsp3) is 0.250. The van der Waals surface area contributed by atoms with Crippen molar-refractivity contribution in [2.45, 2.75) is 13.8 Å². The SMILES string of the molecule is Cc1nc2[nH]c(=O)[nH]c(=O)c2nc1C. The molecule has 0 spiro atoms. The van der Waals surface area contributed by atoms with Gasteiger partial charge in [0.2, 0.25) is 0 Å². The fourth-order valence-corrected chi connectivity index (χ4v) is 1.15. The Bertz CT molecular complexity index is 611. The van der Waals surface area contributed by atoms with Gasteiger partial charge in [0.1, 0.15) is 0 Å². The number of fused-ring (bicyclic) bond motifs is 1. The van der Waals surface area contributed by atoms with Crippen LogP contribution in [0, 0.1) is 13.8 Å². The number of aryl methyl sites for hydroxylation is 2. The Hall–Kier alpha value is -1.98. The standard InChI is InChI=1S/C8H8N4O2/c1-3-4(2)10-6-5(9-3)7(13)12-8(14)11-6/h1-2H3,(H2,10,11,12,13,14). The molecule has 2 N–H and O–H groups in total. The predicted octanol–water partition coefficient (Wildman–Crippen LogP) is -0.377. The largest absolute Gasteiger partial charge is 0.327 e. The summed E-state index contributed by atoms with van der Waals surface area (Å²) in [6.45, 7) is 3.52. The van der Waals surface area contributed by atoms with Crippen molar-refractivity contribution in [3.05, 3.63) is 32.2 Å². The van der Waals surface area contributed by atoms with E-state index >= 15 is 0 Å². The number of H-pyrrole nitrogens is 2. The molecule has 2 aromatic rings. The van der Waals surface area contributed by atoms with Crippen LogP contribution in [0.2, 0.25) is 0 Å². The van der Waals surface area contributed by atoms with Crippen LogP contribution >= 0.6 is 0 Å². The molecule has 0 fully saturated rings. The van der Waals surface area contributed by atoms with Crippen LogP contribution in [-0.4, -0.2) is 19.9 Å². The first-order chi connectivity index (χ1) is 6.58. The second-order valence-corrected chi connectivity index (χ2v) is 3.00.